The molecule has 92 heavy (non-hydrogen) atoms. The minimum absolute atomic E-state index is 0.102. The van der Waals surface area contributed by atoms with Gasteiger partial charge in [-0.05, 0) is 49.4 Å². The Labute approximate surface area is 562 Å². The summed E-state index contributed by atoms with van der Waals surface area (Å²) in [5.74, 6) is 0.871. The van der Waals surface area contributed by atoms with E-state index in [1.54, 1.807) is 0 Å². The van der Waals surface area contributed by atoms with Crippen LogP contribution in [0.2, 0.25) is 0 Å². The van der Waals surface area contributed by atoms with Gasteiger partial charge in [-0.15, -0.1) is 0 Å². The molecule has 0 bridgehead atoms. The third kappa shape index (κ3) is 64.1. The summed E-state index contributed by atoms with van der Waals surface area (Å²) in [5, 5.41) is 10.6. The molecule has 7 atom stereocenters. The van der Waals surface area contributed by atoms with Crippen LogP contribution < -0.4 is 0 Å². The van der Waals surface area contributed by atoms with Gasteiger partial charge in [-0.25, -0.2) is 9.13 Å². The van der Waals surface area contributed by atoms with Gasteiger partial charge < -0.3 is 33.8 Å². The molecule has 0 aromatic rings. The van der Waals surface area contributed by atoms with Gasteiger partial charge in [0.25, 0.3) is 0 Å². The summed E-state index contributed by atoms with van der Waals surface area (Å²) in [6, 6.07) is 0. The maximum atomic E-state index is 13.0. The van der Waals surface area contributed by atoms with Crippen molar-refractivity contribution in [2.45, 2.75) is 382 Å². The van der Waals surface area contributed by atoms with Crippen molar-refractivity contribution in [1.29, 1.82) is 0 Å². The highest BCUT2D eigenvalue weighted by atomic mass is 31.2. The van der Waals surface area contributed by atoms with Crippen LogP contribution in [0.5, 0.6) is 0 Å². The molecule has 0 aliphatic heterocycles. The Morgan fingerprint density at radius 2 is 0.522 bits per heavy atom. The zero-order valence-electron chi connectivity index (χ0n) is 60.2. The topological polar surface area (TPSA) is 237 Å². The van der Waals surface area contributed by atoms with E-state index in [1.165, 1.54) is 154 Å². The Hall–Kier alpha value is -1.94. The number of ether oxygens (including phenoxy) is 4. The molecule has 3 N–H and O–H groups in total. The van der Waals surface area contributed by atoms with Crippen LogP contribution in [-0.4, -0.2) is 96.7 Å². The monoisotopic (exact) mass is 1350 g/mol. The fourth-order valence-electron chi connectivity index (χ4n) is 11.0. The minimum Gasteiger partial charge on any atom is -0.462 e. The quantitative estimate of drug-likeness (QED) is 0.0222. The van der Waals surface area contributed by atoms with Gasteiger partial charge in [0.15, 0.2) is 12.2 Å². The smallest absolute Gasteiger partial charge is 0.462 e. The van der Waals surface area contributed by atoms with Crippen molar-refractivity contribution in [2.24, 2.45) is 23.7 Å². The van der Waals surface area contributed by atoms with Crippen molar-refractivity contribution in [2.75, 3.05) is 39.6 Å². The molecule has 0 aromatic carbocycles. The fraction of sp³-hybridized carbons (Fsp3) is 0.945. The summed E-state index contributed by atoms with van der Waals surface area (Å²) >= 11 is 0. The van der Waals surface area contributed by atoms with Crippen LogP contribution in [0.15, 0.2) is 0 Å². The molecule has 0 radical (unpaired) electrons. The van der Waals surface area contributed by atoms with Crippen LogP contribution in [0.3, 0.4) is 0 Å². The second kappa shape index (κ2) is 62.6. The number of esters is 4. The summed E-state index contributed by atoms with van der Waals surface area (Å²) in [6.07, 6.45) is 46.2. The summed E-state index contributed by atoms with van der Waals surface area (Å²) in [7, 11) is -9.90. The summed E-state index contributed by atoms with van der Waals surface area (Å²) in [5.41, 5.74) is 0. The molecule has 17 nitrogen and oxygen atoms in total. The largest absolute Gasteiger partial charge is 0.472 e. The molecule has 0 amide bonds. The number of phosphoric ester groups is 2. The van der Waals surface area contributed by atoms with Crippen molar-refractivity contribution >= 4 is 39.5 Å². The van der Waals surface area contributed by atoms with Gasteiger partial charge in [0.2, 0.25) is 0 Å². The number of phosphoric acid groups is 2. The second-order valence-corrected chi connectivity index (χ2v) is 30.7. The van der Waals surface area contributed by atoms with E-state index in [-0.39, 0.29) is 25.7 Å². The van der Waals surface area contributed by atoms with Crippen LogP contribution in [-0.2, 0) is 65.4 Å². The van der Waals surface area contributed by atoms with Crippen LogP contribution >= 0.6 is 15.6 Å². The van der Waals surface area contributed by atoms with Crippen molar-refractivity contribution in [3.63, 3.8) is 0 Å². The van der Waals surface area contributed by atoms with Crippen molar-refractivity contribution < 1.29 is 80.2 Å². The molecule has 546 valence electrons. The number of carbonyl (C=O) groups is 4. The molecule has 0 heterocycles. The lowest BCUT2D eigenvalue weighted by atomic mass is 9.99. The predicted octanol–water partition coefficient (Wildman–Crippen LogP) is 20.9. The van der Waals surface area contributed by atoms with Gasteiger partial charge in [0, 0.05) is 25.7 Å². The molecule has 0 aromatic heterocycles. The zero-order valence-corrected chi connectivity index (χ0v) is 62.0. The second-order valence-electron chi connectivity index (χ2n) is 27.8. The Balaban J connectivity index is 5.15. The van der Waals surface area contributed by atoms with Gasteiger partial charge in [-0.3, -0.25) is 37.3 Å². The molecule has 19 heteroatoms. The highest BCUT2D eigenvalue weighted by Crippen LogP contribution is 2.45. The van der Waals surface area contributed by atoms with Crippen LogP contribution in [0, 0.1) is 23.7 Å². The van der Waals surface area contributed by atoms with Crippen molar-refractivity contribution in [3.05, 3.63) is 0 Å². The van der Waals surface area contributed by atoms with E-state index < -0.39 is 97.5 Å². The van der Waals surface area contributed by atoms with Crippen molar-refractivity contribution in [3.8, 4) is 0 Å². The maximum absolute atomic E-state index is 13.0. The van der Waals surface area contributed by atoms with Gasteiger partial charge >= 0.3 is 39.5 Å². The average Bonchev–Trinajstić information content (AvgIpc) is 2.50. The number of rotatable bonds is 70. The molecule has 0 fully saturated rings. The fourth-order valence-corrected chi connectivity index (χ4v) is 12.5. The normalized spacial score (nSPS) is 14.8. The highest BCUT2D eigenvalue weighted by Gasteiger charge is 2.30. The highest BCUT2D eigenvalue weighted by molar-refractivity contribution is 7.47. The third-order valence-corrected chi connectivity index (χ3v) is 19.4. The Bertz CT molecular complexity index is 1820. The van der Waals surface area contributed by atoms with Crippen LogP contribution in [0.4, 0.5) is 0 Å². The lowest BCUT2D eigenvalue weighted by Gasteiger charge is -2.21. The van der Waals surface area contributed by atoms with E-state index in [9.17, 15) is 43.2 Å². The first-order valence-electron chi connectivity index (χ1n) is 37.8. The molecule has 0 rings (SSSR count). The minimum atomic E-state index is -4.95. The van der Waals surface area contributed by atoms with Crippen molar-refractivity contribution in [1.82, 2.24) is 0 Å². The molecule has 0 saturated heterocycles. The molecule has 0 aliphatic rings. The maximum Gasteiger partial charge on any atom is 0.472 e. The number of aliphatic hydroxyl groups is 1. The first-order valence-corrected chi connectivity index (χ1v) is 40.8. The summed E-state index contributed by atoms with van der Waals surface area (Å²) < 4.78 is 68.3. The number of aliphatic hydroxyl groups excluding tert-OH is 1. The summed E-state index contributed by atoms with van der Waals surface area (Å²) in [6.45, 7) is 14.1. The lowest BCUT2D eigenvalue weighted by Crippen LogP contribution is -2.30. The molecule has 5 unspecified atom stereocenters. The van der Waals surface area contributed by atoms with Gasteiger partial charge in [-0.1, -0.05) is 312 Å². The SMILES string of the molecule is CCC(C)CCCCCCCCCCCCCCCCCCCCC(=O)O[C@H](COC(=O)CCCCCCCCC(C)CC)COP(=O)(O)OCC(O)COP(=O)(O)OC[C@@H](COC(=O)CCCCCCCCCC(C)C)OC(=O)CCCCCCCCCC(C)C. The van der Waals surface area contributed by atoms with E-state index >= 15 is 0 Å². The van der Waals surface area contributed by atoms with E-state index in [1.807, 2.05) is 0 Å². The van der Waals surface area contributed by atoms with E-state index in [2.05, 4.69) is 55.4 Å². The zero-order chi connectivity index (χ0) is 68.2. The number of hydrogen-bond acceptors (Lipinski definition) is 15. The average molecular weight is 1350 g/mol. The van der Waals surface area contributed by atoms with E-state index in [0.717, 1.165) is 115 Å². The Morgan fingerprint density at radius 3 is 0.772 bits per heavy atom. The molecule has 0 spiro atoms. The van der Waals surface area contributed by atoms with Crippen LogP contribution in [0.25, 0.3) is 0 Å². The number of carbonyl (C=O) groups excluding carboxylic acids is 4. The standard InChI is InChI=1S/C73H142O17P2/c1-9-65(7)51-43-35-27-21-19-17-15-13-11-12-14-16-18-20-22-28-39-47-55-72(77)89-69(60-84-71(76)54-46-38-32-31-36-44-52-66(8)10-2)62-88-92(81,82)86-58-67(74)57-85-91(79,80)87-61-68(90-73(78)56-48-40-30-24-26-34-42-50-64(5)6)59-83-70(75)53-45-37-29-23-25-33-41-49-63(3)4/h63-69,74H,9-62H2,1-8H3,(H,79,80)(H,81,82)/t65?,66?,67?,68-,69-/m1/s1. The van der Waals surface area contributed by atoms with Gasteiger partial charge in [0.05, 0.1) is 26.4 Å². The number of unbranched alkanes of at least 4 members (excludes halogenated alkanes) is 34. The first-order chi connectivity index (χ1) is 44.2. The van der Waals surface area contributed by atoms with Gasteiger partial charge in [0.1, 0.15) is 19.3 Å². The third-order valence-electron chi connectivity index (χ3n) is 17.5. The molecular weight excluding hydrogens is 1210 g/mol. The van der Waals surface area contributed by atoms with Crippen LogP contribution in [0.1, 0.15) is 364 Å². The first kappa shape index (κ1) is 90.1. The molecule has 0 aliphatic carbocycles. The predicted molar refractivity (Wildman–Crippen MR) is 372 cm³/mol. The molecular formula is C73H142O17P2. The number of hydrogen-bond donors (Lipinski definition) is 3. The lowest BCUT2D eigenvalue weighted by molar-refractivity contribution is -0.161. The van der Waals surface area contributed by atoms with E-state index in [4.69, 9.17) is 37.0 Å². The summed E-state index contributed by atoms with van der Waals surface area (Å²) in [4.78, 5) is 72.5. The van der Waals surface area contributed by atoms with E-state index in [0.29, 0.717) is 37.5 Å². The Morgan fingerprint density at radius 1 is 0.304 bits per heavy atom. The molecule has 0 saturated carbocycles. The van der Waals surface area contributed by atoms with Gasteiger partial charge in [-0.2, -0.15) is 0 Å². The Kier molecular flexibility index (Phi) is 61.3.